The lowest BCUT2D eigenvalue weighted by molar-refractivity contribution is 0.274. The molecule has 0 aliphatic carbocycles. The van der Waals surface area contributed by atoms with Gasteiger partial charge in [0.2, 0.25) is 0 Å². The van der Waals surface area contributed by atoms with E-state index >= 15 is 0 Å². The number of hydrogen-bond donors (Lipinski definition) is 0. The summed E-state index contributed by atoms with van der Waals surface area (Å²) in [4.78, 5) is 0. The molecule has 0 fully saturated rings. The first-order valence-electron chi connectivity index (χ1n) is 13.4. The molecule has 0 amide bonds. The van der Waals surface area contributed by atoms with Crippen molar-refractivity contribution in [2.24, 2.45) is 0 Å². The third-order valence-corrected chi connectivity index (χ3v) is 133. The molecule has 0 aliphatic heterocycles. The van der Waals surface area contributed by atoms with Gasteiger partial charge in [-0.3, -0.25) is 0 Å². The average molecular weight is 1010 g/mol. The van der Waals surface area contributed by atoms with Crippen LogP contribution in [0, 0.1) is 0 Å². The van der Waals surface area contributed by atoms with E-state index in [0.29, 0.717) is 6.04 Å². The monoisotopic (exact) mass is 1010 g/mol. The first-order chi connectivity index (χ1) is 22.2. The average Bonchev–Trinajstić information content (AvgIpc) is 3.05. The van der Waals surface area contributed by atoms with E-state index in [-0.39, 0.29) is 5.67 Å². The van der Waals surface area contributed by atoms with Crippen LogP contribution < -0.4 is 0 Å². The van der Waals surface area contributed by atoms with E-state index in [1.807, 2.05) is 19.6 Å². The fourth-order valence-corrected chi connectivity index (χ4v) is 171. The van der Waals surface area contributed by atoms with Gasteiger partial charge in [0.25, 0.3) is 8.68 Å². The maximum atomic E-state index is 12.5. The summed E-state index contributed by atoms with van der Waals surface area (Å²) in [7, 11) is -61.6. The van der Waals surface area contributed by atoms with Gasteiger partial charge in [0.1, 0.15) is 7.59 Å². The van der Waals surface area contributed by atoms with Gasteiger partial charge < -0.3 is 84.7 Å². The molecule has 262 valence electrons. The highest BCUT2D eigenvalue weighted by Gasteiger charge is 2.52. The van der Waals surface area contributed by atoms with Crippen LogP contribution >= 0.6 is 0 Å². The fourth-order valence-electron chi connectivity index (χ4n) is 2.64. The van der Waals surface area contributed by atoms with Gasteiger partial charge >= 0.3 is 134 Å². The van der Waals surface area contributed by atoms with E-state index in [1.54, 1.807) is 26.9 Å². The predicted octanol–water partition coefficient (Wildman–Crippen LogP) is -5.57. The van der Waals surface area contributed by atoms with Crippen LogP contribution in [-0.2, 0) is 84.7 Å². The normalized spacial score (nSPS) is 11.1. The molecule has 1 unspecified atom stereocenters. The zero-order valence-electron chi connectivity index (χ0n) is 26.9. The summed E-state index contributed by atoms with van der Waals surface area (Å²) in [6.45, 7) is 12.3. The molecule has 49 heavy (non-hydrogen) atoms. The molecule has 1 atom stereocenters. The molecule has 0 aliphatic rings. The quantitative estimate of drug-likeness (QED) is 0.0913. The topological polar surface area (TPSA) is 316 Å². The van der Waals surface area contributed by atoms with Crippen molar-refractivity contribution >= 4 is 159 Å². The second-order valence-corrected chi connectivity index (χ2v) is 101. The largest absolute Gasteiger partial charge is 0.546 e. The first-order valence-corrected chi connectivity index (χ1v) is 61.6. The highest BCUT2D eigenvalue weighted by molar-refractivity contribution is 7.77. The van der Waals surface area contributed by atoms with Crippen molar-refractivity contribution in [3.05, 3.63) is 0 Å². The van der Waals surface area contributed by atoms with Crippen LogP contribution in [0.25, 0.3) is 0 Å². The van der Waals surface area contributed by atoms with Gasteiger partial charge in [-0.05, 0) is 18.6 Å². The Morgan fingerprint density at radius 1 is 0.510 bits per heavy atom. The maximum absolute atomic E-state index is 12.5. The zero-order chi connectivity index (χ0) is 39.4. The van der Waals surface area contributed by atoms with E-state index < -0.39 is 164 Å². The van der Waals surface area contributed by atoms with Gasteiger partial charge in [-0.15, -0.1) is 0 Å². The molecule has 0 bridgehead atoms. The van der Waals surface area contributed by atoms with Crippen molar-refractivity contribution < 1.29 is 84.7 Å². The molecular formula is C10H28O19Si20. The van der Waals surface area contributed by atoms with Crippen molar-refractivity contribution in [3.63, 3.8) is 0 Å². The van der Waals surface area contributed by atoms with Gasteiger partial charge in [0.05, 0.1) is 13.8 Å². The van der Waals surface area contributed by atoms with Crippen molar-refractivity contribution in [1.29, 1.82) is 0 Å². The molecule has 0 aromatic carbocycles. The van der Waals surface area contributed by atoms with Crippen molar-refractivity contribution in [3.8, 4) is 0 Å². The lowest BCUT2D eigenvalue weighted by Gasteiger charge is -2.24. The Bertz CT molecular complexity index is 1650. The Balaban J connectivity index is 0. The molecule has 0 spiro atoms. The molecular weight excluding hydrogens is 986 g/mol. The fraction of sp³-hybridized carbons (Fsp3) is 1.00. The smallest absolute Gasteiger partial charge is 0.523 e. The molecule has 0 heterocycles. The third-order valence-electron chi connectivity index (χ3n) is 6.06. The van der Waals surface area contributed by atoms with E-state index in [9.17, 15) is 80.3 Å². The van der Waals surface area contributed by atoms with Crippen LogP contribution in [0.5, 0.6) is 0 Å². The Morgan fingerprint density at radius 2 is 0.816 bits per heavy atom. The maximum Gasteiger partial charge on any atom is 0.546 e. The number of hydrogen-bond acceptors (Lipinski definition) is 19. The third kappa shape index (κ3) is 16.6. The van der Waals surface area contributed by atoms with Gasteiger partial charge in [-0.1, -0.05) is 39.7 Å². The second kappa shape index (κ2) is 23.4. The lowest BCUT2D eigenvalue weighted by Crippen LogP contribution is -2.56. The molecule has 0 saturated heterocycles. The Morgan fingerprint density at radius 3 is 1.12 bits per heavy atom. The standard InChI is InChI=1S/C5H14O10Si11.C5H14O9Si9/c1-4-17(7)5-26(2,3)25(15)24(14)23(13)22(12)21(11)20(10)19(9)18(8)16-6;1-5(23(2,3)4)14-16(7)18(9)20(11)22(13)21(12)19(10)17(8)15-6/h16H,4-5H2,1-3H3;5,15H,1-4H3. The van der Waals surface area contributed by atoms with Crippen LogP contribution in [0.3, 0.4) is 0 Å². The summed E-state index contributed by atoms with van der Waals surface area (Å²) < 4.78 is 216. The SMILES string of the molecule is CC(O[Si](=O)[Si](=O)[Si](=O)[Si](=O)[Si](=O)[Si](=O)[Si](=O)[SiH]=O)[Si](C)(C)C.CC[Si](=O)C[Si](C)(C)[Si](=O)[Si](=O)[Si](=O)[Si](=O)[Si](=O)[Si](=O)[Si](=O)[Si](=O)[SiH]=O. The molecule has 0 aromatic heterocycles. The van der Waals surface area contributed by atoms with Crippen molar-refractivity contribution in [2.75, 3.05) is 0 Å². The molecule has 0 N–H and O–H groups in total. The molecule has 39 heteroatoms. The van der Waals surface area contributed by atoms with Crippen LogP contribution in [0.2, 0.25) is 44.4 Å². The van der Waals surface area contributed by atoms with Gasteiger partial charge in [0, 0.05) is 0 Å². The molecule has 0 radical (unpaired) electrons. The molecule has 0 aromatic rings. The van der Waals surface area contributed by atoms with Crippen LogP contribution in [0.15, 0.2) is 0 Å². The minimum Gasteiger partial charge on any atom is -0.523 e. The van der Waals surface area contributed by atoms with E-state index in [4.69, 9.17) is 4.43 Å². The van der Waals surface area contributed by atoms with Crippen LogP contribution in [0.1, 0.15) is 13.8 Å². The zero-order valence-corrected chi connectivity index (χ0v) is 47.2. The van der Waals surface area contributed by atoms with E-state index in [1.165, 1.54) is 0 Å². The predicted molar refractivity (Wildman–Crippen MR) is 185 cm³/mol. The highest BCUT2D eigenvalue weighted by Crippen LogP contribution is 2.12. The van der Waals surface area contributed by atoms with Crippen molar-refractivity contribution in [2.45, 2.75) is 64.0 Å². The minimum atomic E-state index is -3.68. The van der Waals surface area contributed by atoms with Crippen LogP contribution in [-0.4, -0.2) is 164 Å². The van der Waals surface area contributed by atoms with Gasteiger partial charge in [0.15, 0.2) is 0 Å². The lowest BCUT2D eigenvalue weighted by atomic mass is 10.9. The summed E-state index contributed by atoms with van der Waals surface area (Å²) in [5.74, 6) is 0. The summed E-state index contributed by atoms with van der Waals surface area (Å²) in [6, 6.07) is 0.383. The summed E-state index contributed by atoms with van der Waals surface area (Å²) in [6.07, 6.45) is 0. The highest BCUT2D eigenvalue weighted by atomic mass is 30.1. The Kier molecular flexibility index (Phi) is 24.6. The molecule has 19 nitrogen and oxygen atoms in total. The minimum absolute atomic E-state index is 0.145. The summed E-state index contributed by atoms with van der Waals surface area (Å²) >= 11 is 0. The molecule has 0 rings (SSSR count). The number of rotatable bonds is 22. The molecule has 0 saturated carbocycles. The van der Waals surface area contributed by atoms with Gasteiger partial charge in [-0.25, -0.2) is 0 Å². The van der Waals surface area contributed by atoms with E-state index in [0.717, 1.165) is 0 Å². The van der Waals surface area contributed by atoms with Gasteiger partial charge in [-0.2, -0.15) is 0 Å². The Hall–Kier alpha value is 0.538. The van der Waals surface area contributed by atoms with Crippen LogP contribution in [0.4, 0.5) is 0 Å². The first kappa shape index (κ1) is 51.6. The summed E-state index contributed by atoms with van der Waals surface area (Å²) in [5.41, 5.74) is -0.289. The summed E-state index contributed by atoms with van der Waals surface area (Å²) in [5, 5.41) is 0. The van der Waals surface area contributed by atoms with E-state index in [2.05, 4.69) is 0 Å². The van der Waals surface area contributed by atoms with Crippen molar-refractivity contribution in [1.82, 2.24) is 0 Å². The second-order valence-electron chi connectivity index (χ2n) is 11.3. The Labute approximate surface area is 305 Å².